The smallest absolute Gasteiger partial charge is 0.146 e. The monoisotopic (exact) mass is 349 g/mol. The molecule has 21 heavy (non-hydrogen) atoms. The van der Waals surface area contributed by atoms with Gasteiger partial charge in [-0.05, 0) is 25.5 Å². The number of hydrogen-bond acceptors (Lipinski definition) is 3. The lowest BCUT2D eigenvalue weighted by Crippen LogP contribution is -2.52. The molecular formula is C17H20BrNO2. The van der Waals surface area contributed by atoms with E-state index in [9.17, 15) is 0 Å². The Labute approximate surface area is 133 Å². The zero-order valence-electron chi connectivity index (χ0n) is 12.4. The second kappa shape index (κ2) is 6.32. The van der Waals surface area contributed by atoms with E-state index in [4.69, 9.17) is 9.47 Å². The zero-order valence-corrected chi connectivity index (χ0v) is 14.0. The largest absolute Gasteiger partial charge is 0.485 e. The standard InChI is InChI=1S/C17H20BrNO2/c1-3-9-20-17-13(18)10-15(17)21-14-6-4-5-12-8-7-11(2)19-16(12)14/h4-8,13,15,17H,3,9-10H2,1-2H3. The fraction of sp³-hybridized carbons (Fsp3) is 0.471. The van der Waals surface area contributed by atoms with Crippen LogP contribution >= 0.6 is 15.9 Å². The number of fused-ring (bicyclic) bond motifs is 1. The van der Waals surface area contributed by atoms with E-state index in [-0.39, 0.29) is 12.2 Å². The van der Waals surface area contributed by atoms with Crippen molar-refractivity contribution in [2.24, 2.45) is 0 Å². The Morgan fingerprint density at radius 2 is 2.14 bits per heavy atom. The lowest BCUT2D eigenvalue weighted by Gasteiger charge is -2.41. The molecule has 112 valence electrons. The summed E-state index contributed by atoms with van der Waals surface area (Å²) in [6.07, 6.45) is 2.23. The first-order chi connectivity index (χ1) is 10.2. The summed E-state index contributed by atoms with van der Waals surface area (Å²) in [5.41, 5.74) is 1.94. The van der Waals surface area contributed by atoms with Crippen LogP contribution in [0.1, 0.15) is 25.5 Å². The predicted molar refractivity (Wildman–Crippen MR) is 88.3 cm³/mol. The van der Waals surface area contributed by atoms with Crippen molar-refractivity contribution in [3.8, 4) is 5.75 Å². The first-order valence-electron chi connectivity index (χ1n) is 7.47. The fourth-order valence-electron chi connectivity index (χ4n) is 2.58. The van der Waals surface area contributed by atoms with E-state index in [1.807, 2.05) is 25.1 Å². The molecule has 1 fully saturated rings. The van der Waals surface area contributed by atoms with Crippen LogP contribution in [0.2, 0.25) is 0 Å². The third kappa shape index (κ3) is 3.06. The van der Waals surface area contributed by atoms with Crippen LogP contribution in [-0.4, -0.2) is 28.6 Å². The molecule has 0 N–H and O–H groups in total. The van der Waals surface area contributed by atoms with Crippen LogP contribution < -0.4 is 4.74 Å². The molecule has 3 nitrogen and oxygen atoms in total. The van der Waals surface area contributed by atoms with Crippen molar-refractivity contribution in [2.45, 2.75) is 43.7 Å². The lowest BCUT2D eigenvalue weighted by molar-refractivity contribution is -0.0757. The van der Waals surface area contributed by atoms with Gasteiger partial charge in [0.25, 0.3) is 0 Å². The first kappa shape index (κ1) is 14.8. The Balaban J connectivity index is 1.80. The highest BCUT2D eigenvalue weighted by molar-refractivity contribution is 9.09. The molecule has 2 aromatic rings. The number of nitrogens with zero attached hydrogens (tertiary/aromatic N) is 1. The van der Waals surface area contributed by atoms with Crippen LogP contribution in [0.25, 0.3) is 10.9 Å². The Kier molecular flexibility index (Phi) is 4.45. The van der Waals surface area contributed by atoms with Crippen LogP contribution in [0.15, 0.2) is 30.3 Å². The number of aromatic nitrogens is 1. The number of benzene rings is 1. The molecule has 0 saturated heterocycles. The summed E-state index contributed by atoms with van der Waals surface area (Å²) in [5.74, 6) is 0.852. The van der Waals surface area contributed by atoms with Gasteiger partial charge in [-0.2, -0.15) is 0 Å². The molecule has 0 amide bonds. The zero-order chi connectivity index (χ0) is 14.8. The van der Waals surface area contributed by atoms with E-state index >= 15 is 0 Å². The number of ether oxygens (including phenoxy) is 2. The molecule has 1 aromatic carbocycles. The predicted octanol–water partition coefficient (Wildman–Crippen LogP) is 4.25. The maximum atomic E-state index is 6.18. The van der Waals surface area contributed by atoms with Gasteiger partial charge >= 0.3 is 0 Å². The molecule has 3 unspecified atom stereocenters. The highest BCUT2D eigenvalue weighted by Crippen LogP contribution is 2.36. The minimum Gasteiger partial charge on any atom is -0.485 e. The first-order valence-corrected chi connectivity index (χ1v) is 8.39. The number of rotatable bonds is 5. The topological polar surface area (TPSA) is 31.4 Å². The van der Waals surface area contributed by atoms with E-state index in [1.54, 1.807) is 0 Å². The molecule has 1 aliphatic carbocycles. The second-order valence-electron chi connectivity index (χ2n) is 5.52. The highest BCUT2D eigenvalue weighted by Gasteiger charge is 2.42. The third-order valence-electron chi connectivity index (χ3n) is 3.80. The van der Waals surface area contributed by atoms with Gasteiger partial charge in [-0.1, -0.05) is 41.1 Å². The molecule has 0 aliphatic heterocycles. The summed E-state index contributed by atoms with van der Waals surface area (Å²) in [6.45, 7) is 4.90. The number of alkyl halides is 1. The SMILES string of the molecule is CCCOC1C(Br)CC1Oc1cccc2ccc(C)nc12. The van der Waals surface area contributed by atoms with E-state index < -0.39 is 0 Å². The summed E-state index contributed by atoms with van der Waals surface area (Å²) >= 11 is 3.65. The Morgan fingerprint density at radius 1 is 1.29 bits per heavy atom. The third-order valence-corrected chi connectivity index (χ3v) is 4.69. The molecule has 3 atom stereocenters. The van der Waals surface area contributed by atoms with Crippen molar-refractivity contribution in [1.29, 1.82) is 0 Å². The summed E-state index contributed by atoms with van der Waals surface area (Å²) in [5, 5.41) is 1.11. The van der Waals surface area contributed by atoms with Crippen molar-refractivity contribution in [2.75, 3.05) is 6.61 Å². The summed E-state index contributed by atoms with van der Waals surface area (Å²) in [4.78, 5) is 5.00. The molecule has 3 rings (SSSR count). The number of hydrogen-bond donors (Lipinski definition) is 0. The lowest BCUT2D eigenvalue weighted by atomic mass is 9.91. The van der Waals surface area contributed by atoms with Gasteiger partial charge in [0, 0.05) is 28.9 Å². The van der Waals surface area contributed by atoms with Gasteiger partial charge in [0.05, 0.1) is 0 Å². The quantitative estimate of drug-likeness (QED) is 0.756. The summed E-state index contributed by atoms with van der Waals surface area (Å²) in [6, 6.07) is 10.2. The van der Waals surface area contributed by atoms with Gasteiger partial charge in [0.1, 0.15) is 23.5 Å². The number of para-hydroxylation sites is 1. The van der Waals surface area contributed by atoms with Crippen molar-refractivity contribution in [3.05, 3.63) is 36.0 Å². The van der Waals surface area contributed by atoms with Gasteiger partial charge in [0.15, 0.2) is 0 Å². The van der Waals surface area contributed by atoms with Crippen LogP contribution in [-0.2, 0) is 4.74 Å². The minimum absolute atomic E-state index is 0.105. The maximum absolute atomic E-state index is 6.18. The molecule has 0 spiro atoms. The fourth-order valence-corrected chi connectivity index (χ4v) is 3.45. The summed E-state index contributed by atoms with van der Waals surface area (Å²) < 4.78 is 12.0. The normalized spacial score (nSPS) is 24.8. The molecule has 1 heterocycles. The van der Waals surface area contributed by atoms with Crippen LogP contribution in [0.5, 0.6) is 5.75 Å². The molecule has 1 aliphatic rings. The molecule has 4 heteroatoms. The molecule has 0 bridgehead atoms. The van der Waals surface area contributed by atoms with Gasteiger partial charge in [-0.15, -0.1) is 0 Å². The highest BCUT2D eigenvalue weighted by atomic mass is 79.9. The molecule has 0 radical (unpaired) electrons. The van der Waals surface area contributed by atoms with Crippen molar-refractivity contribution in [1.82, 2.24) is 4.98 Å². The van der Waals surface area contributed by atoms with Crippen LogP contribution in [0, 0.1) is 6.92 Å². The van der Waals surface area contributed by atoms with Gasteiger partial charge in [-0.3, -0.25) is 0 Å². The maximum Gasteiger partial charge on any atom is 0.146 e. The van der Waals surface area contributed by atoms with Crippen LogP contribution in [0.3, 0.4) is 0 Å². The van der Waals surface area contributed by atoms with E-state index in [2.05, 4.69) is 40.0 Å². The Morgan fingerprint density at radius 3 is 2.90 bits per heavy atom. The van der Waals surface area contributed by atoms with Crippen LogP contribution in [0.4, 0.5) is 0 Å². The molecule has 1 saturated carbocycles. The number of halogens is 1. The average molecular weight is 350 g/mol. The van der Waals surface area contributed by atoms with E-state index in [0.29, 0.717) is 4.83 Å². The minimum atomic E-state index is 0.105. The molecular weight excluding hydrogens is 330 g/mol. The Bertz CT molecular complexity index is 631. The van der Waals surface area contributed by atoms with Crippen molar-refractivity contribution in [3.63, 3.8) is 0 Å². The van der Waals surface area contributed by atoms with Gasteiger partial charge < -0.3 is 9.47 Å². The second-order valence-corrected chi connectivity index (χ2v) is 6.70. The molecule has 1 aromatic heterocycles. The summed E-state index contributed by atoms with van der Waals surface area (Å²) in [7, 11) is 0. The van der Waals surface area contributed by atoms with Gasteiger partial charge in [-0.25, -0.2) is 4.98 Å². The van der Waals surface area contributed by atoms with Crippen molar-refractivity contribution < 1.29 is 9.47 Å². The Hall–Kier alpha value is -1.13. The number of pyridine rings is 1. The van der Waals surface area contributed by atoms with Gasteiger partial charge in [0.2, 0.25) is 0 Å². The number of aryl methyl sites for hydroxylation is 1. The van der Waals surface area contributed by atoms with Crippen molar-refractivity contribution >= 4 is 26.8 Å². The van der Waals surface area contributed by atoms with E-state index in [0.717, 1.165) is 41.8 Å². The van der Waals surface area contributed by atoms with E-state index in [1.165, 1.54) is 0 Å². The average Bonchev–Trinajstić information content (AvgIpc) is 2.47.